The first-order valence-corrected chi connectivity index (χ1v) is 29.6. The highest BCUT2D eigenvalue weighted by Crippen LogP contribution is 2.42. The van der Waals surface area contributed by atoms with Crippen LogP contribution in [0.3, 0.4) is 0 Å². The second kappa shape index (κ2) is 28.8. The summed E-state index contributed by atoms with van der Waals surface area (Å²) in [5.41, 5.74) is -4.75. The lowest BCUT2D eigenvalue weighted by molar-refractivity contribution is -0.318. The third-order valence-electron chi connectivity index (χ3n) is 17.2. The average molecular weight is 1200 g/mol. The predicted molar refractivity (Wildman–Crippen MR) is 306 cm³/mol. The molecule has 1 aromatic carbocycles. The minimum absolute atomic E-state index is 0.00878. The Balaban J connectivity index is 1.17. The van der Waals surface area contributed by atoms with Crippen molar-refractivity contribution in [3.05, 3.63) is 39.1 Å². The van der Waals surface area contributed by atoms with Crippen molar-refractivity contribution < 1.29 is 86.6 Å². The third kappa shape index (κ3) is 16.4. The van der Waals surface area contributed by atoms with Gasteiger partial charge in [0.15, 0.2) is 24.5 Å². The van der Waals surface area contributed by atoms with Crippen LogP contribution in [0.2, 0.25) is 5.02 Å². The van der Waals surface area contributed by atoms with E-state index in [1.165, 1.54) is 33.4 Å². The van der Waals surface area contributed by atoms with Crippen LogP contribution >= 0.6 is 11.6 Å². The van der Waals surface area contributed by atoms with Crippen molar-refractivity contribution in [1.29, 1.82) is 0 Å². The number of likely N-dealkylation sites (N-methyl/N-ethyl adjacent to an activating group) is 2. The molecule has 4 fully saturated rings. The Morgan fingerprint density at radius 3 is 2.22 bits per heavy atom. The first kappa shape index (κ1) is 68.2. The van der Waals surface area contributed by atoms with E-state index in [1.807, 2.05) is 65.2 Å². The molecule has 1 saturated carbocycles. The molecule has 1 unspecified atom stereocenters. The fourth-order valence-corrected chi connectivity index (χ4v) is 12.8. The van der Waals surface area contributed by atoms with Crippen LogP contribution in [0.4, 0.5) is 0 Å². The summed E-state index contributed by atoms with van der Waals surface area (Å²) in [7, 11) is 8.67. The number of ketones is 1. The fourth-order valence-electron chi connectivity index (χ4n) is 12.5. The van der Waals surface area contributed by atoms with E-state index in [9.17, 15) is 39.3 Å². The lowest BCUT2D eigenvalue weighted by atomic mass is 9.77. The predicted octanol–water partition coefficient (Wildman–Crippen LogP) is 5.64. The molecular weight excluding hydrogens is 1100 g/mol. The van der Waals surface area contributed by atoms with Gasteiger partial charge in [-0.05, 0) is 127 Å². The number of halogens is 1. The number of aliphatic hydroxyl groups is 3. The number of ether oxygens (including phenoxy) is 11. The Bertz CT molecular complexity index is 2600. The summed E-state index contributed by atoms with van der Waals surface area (Å²) >= 11 is 6.63. The minimum atomic E-state index is -1.65. The van der Waals surface area contributed by atoms with Crippen molar-refractivity contribution >= 4 is 46.2 Å². The SMILES string of the molecule is CC[C@H]1OC(=O)[C@H](C)[C@@H](OC2C[C@@](C)(OC)[C@H](OC(=O)CCOCCOc3cc4c(=O)c(C(=O)OCC(C)=O)cn(C5CC5)c4cc3Cl)[C@H](C)O2)[C@H](C)[C@@H](O[C@@H]2O[C@H](C)C[C@H](N(C)C)[C@@H]2O)[C@](C)(O)C[C@@H](C)CN(C)[C@H](C)[C@@H](OC)[C@]1(C)O. The van der Waals surface area contributed by atoms with Crippen molar-refractivity contribution in [3.8, 4) is 5.75 Å². The van der Waals surface area contributed by atoms with E-state index < -0.39 is 114 Å². The Hall–Kier alpha value is -3.88. The van der Waals surface area contributed by atoms with E-state index in [-0.39, 0.29) is 103 Å². The molecule has 1 aliphatic carbocycles. The van der Waals surface area contributed by atoms with Gasteiger partial charge in [0.2, 0.25) is 5.43 Å². The zero-order valence-electron chi connectivity index (χ0n) is 51.5. The molecule has 470 valence electrons. The summed E-state index contributed by atoms with van der Waals surface area (Å²) in [5.74, 6) is -4.47. The number of carbonyl (C=O) groups excluding carboxylic acids is 4. The molecule has 6 rings (SSSR count). The van der Waals surface area contributed by atoms with Gasteiger partial charge in [-0.2, -0.15) is 0 Å². The molecule has 22 nitrogen and oxygen atoms in total. The highest BCUT2D eigenvalue weighted by Gasteiger charge is 2.54. The number of benzene rings is 1. The van der Waals surface area contributed by atoms with Gasteiger partial charge in [-0.3, -0.25) is 19.2 Å². The van der Waals surface area contributed by atoms with E-state index in [4.69, 9.17) is 63.7 Å². The first-order chi connectivity index (χ1) is 38.9. The van der Waals surface area contributed by atoms with Gasteiger partial charge < -0.3 is 81.8 Å². The number of esters is 3. The number of rotatable bonds is 20. The average Bonchev–Trinajstić information content (AvgIpc) is 4.39. The number of nitrogens with zero attached hydrogens (tertiary/aromatic N) is 3. The molecule has 0 bridgehead atoms. The number of methoxy groups -OCH3 is 2. The number of cyclic esters (lactones) is 1. The third-order valence-corrected chi connectivity index (χ3v) is 17.5. The lowest BCUT2D eigenvalue weighted by Crippen LogP contribution is -2.61. The van der Waals surface area contributed by atoms with Crippen LogP contribution in [-0.2, 0) is 61.8 Å². The molecule has 23 heteroatoms. The number of aliphatic hydroxyl groups excluding tert-OH is 1. The number of Topliss-reactive ketones (excluding diaryl/α,β-unsaturated/α-hetero) is 1. The van der Waals surface area contributed by atoms with Gasteiger partial charge in [0.25, 0.3) is 0 Å². The monoisotopic (exact) mass is 1200 g/mol. The maximum atomic E-state index is 14.7. The van der Waals surface area contributed by atoms with Gasteiger partial charge >= 0.3 is 17.9 Å². The molecule has 3 saturated heterocycles. The van der Waals surface area contributed by atoms with Crippen molar-refractivity contribution in [2.75, 3.05) is 68.3 Å². The van der Waals surface area contributed by atoms with E-state index in [2.05, 4.69) is 4.90 Å². The summed E-state index contributed by atoms with van der Waals surface area (Å²) in [6.07, 6.45) is -5.50. The Labute approximate surface area is 493 Å². The smallest absolute Gasteiger partial charge is 0.344 e. The summed E-state index contributed by atoms with van der Waals surface area (Å²) in [4.78, 5) is 70.1. The highest BCUT2D eigenvalue weighted by atomic mass is 35.5. The summed E-state index contributed by atoms with van der Waals surface area (Å²) in [5, 5.41) is 37.3. The number of hydrogen-bond donors (Lipinski definition) is 3. The normalized spacial score (nSPS) is 36.2. The van der Waals surface area contributed by atoms with Gasteiger partial charge in [0, 0.05) is 57.4 Å². The number of aromatic nitrogens is 1. The van der Waals surface area contributed by atoms with Crippen molar-refractivity contribution in [1.82, 2.24) is 14.4 Å². The first-order valence-electron chi connectivity index (χ1n) is 29.2. The van der Waals surface area contributed by atoms with Crippen molar-refractivity contribution in [2.45, 2.75) is 217 Å². The summed E-state index contributed by atoms with van der Waals surface area (Å²) in [6.45, 7) is 19.2. The maximum Gasteiger partial charge on any atom is 0.344 e. The molecule has 0 spiro atoms. The van der Waals surface area contributed by atoms with Crippen LogP contribution in [0.15, 0.2) is 23.1 Å². The molecule has 83 heavy (non-hydrogen) atoms. The summed E-state index contributed by atoms with van der Waals surface area (Å²) < 4.78 is 69.6. The maximum absolute atomic E-state index is 14.7. The van der Waals surface area contributed by atoms with Gasteiger partial charge in [0.05, 0.1) is 71.5 Å². The van der Waals surface area contributed by atoms with Crippen LogP contribution in [0.1, 0.15) is 138 Å². The Morgan fingerprint density at radius 2 is 1.60 bits per heavy atom. The molecule has 0 amide bonds. The van der Waals surface area contributed by atoms with E-state index >= 15 is 0 Å². The number of fused-ring (bicyclic) bond motifs is 1. The number of carbonyl (C=O) groups is 4. The molecule has 1 aromatic heterocycles. The second-order valence-corrected chi connectivity index (χ2v) is 25.0. The molecular formula is C60H94ClN3O19. The van der Waals surface area contributed by atoms with Gasteiger partial charge in [0.1, 0.15) is 54.0 Å². The molecule has 0 radical (unpaired) electrons. The number of hydrogen-bond acceptors (Lipinski definition) is 21. The van der Waals surface area contributed by atoms with Crippen molar-refractivity contribution in [3.63, 3.8) is 0 Å². The van der Waals surface area contributed by atoms with Crippen LogP contribution in [0.5, 0.6) is 5.75 Å². The molecule has 18 atom stereocenters. The number of pyridine rings is 1. The van der Waals surface area contributed by atoms with Crippen LogP contribution in [0.25, 0.3) is 10.9 Å². The van der Waals surface area contributed by atoms with E-state index in [0.717, 1.165) is 12.8 Å². The molecule has 3 N–H and O–H groups in total. The molecule has 2 aromatic rings. The quantitative estimate of drug-likeness (QED) is 0.0823. The van der Waals surface area contributed by atoms with Gasteiger partial charge in [-0.25, -0.2) is 4.79 Å². The van der Waals surface area contributed by atoms with E-state index in [0.29, 0.717) is 18.5 Å². The zero-order chi connectivity index (χ0) is 61.6. The van der Waals surface area contributed by atoms with Gasteiger partial charge in [-0.1, -0.05) is 32.4 Å². The minimum Gasteiger partial charge on any atom is -0.490 e. The van der Waals surface area contributed by atoms with Gasteiger partial charge in [-0.15, -0.1) is 0 Å². The van der Waals surface area contributed by atoms with Crippen LogP contribution in [-0.4, -0.2) is 212 Å². The second-order valence-electron chi connectivity index (χ2n) is 24.6. The largest absolute Gasteiger partial charge is 0.490 e. The molecule has 4 heterocycles. The van der Waals surface area contributed by atoms with E-state index in [1.54, 1.807) is 40.7 Å². The molecule has 4 aliphatic rings. The summed E-state index contributed by atoms with van der Waals surface area (Å²) in [6, 6.07) is 2.45. The van der Waals surface area contributed by atoms with Crippen LogP contribution < -0.4 is 10.2 Å². The molecule has 3 aliphatic heterocycles. The lowest BCUT2D eigenvalue weighted by Gasteiger charge is -2.49. The zero-order valence-corrected chi connectivity index (χ0v) is 52.3. The fraction of sp³-hybridized carbons (Fsp3) is 0.783. The highest BCUT2D eigenvalue weighted by molar-refractivity contribution is 6.32. The standard InChI is InChI=1S/C60H94ClN3O19/c1-17-46-60(11,72)53(73-15)37(7)63(14)29-32(2)27-58(9,71)52(83-57-50(68)44(62(12)13)24-34(4)78-57)35(5)51(36(6)55(69)80-46)82-48-28-59(10,74-16)54(38(8)79-48)81-47(66)20-21-75-22-23-76-45-25-40-43(26-42(45)61)64(39-18-19-39)30-41(49(40)67)56(70)77-31-33(3)65/h25-26,30,32,34-39,44,46,48,50-54,57,68,71-72H,17-24,27-29,31H2,1-16H3/t32-,34-,35+,36-,37-,38+,44+,46-,48?,50+,51+,52-,53-,54-,57+,58-,59-,60-/m1/s1. The van der Waals surface area contributed by atoms with Crippen LogP contribution in [0, 0.1) is 17.8 Å². The Morgan fingerprint density at radius 1 is 0.916 bits per heavy atom. The Kier molecular flexibility index (Phi) is 23.6. The van der Waals surface area contributed by atoms with Crippen molar-refractivity contribution in [2.24, 2.45) is 17.8 Å². The topological polar surface area (TPSA) is 259 Å².